The first-order chi connectivity index (χ1) is 13.0. The summed E-state index contributed by atoms with van der Waals surface area (Å²) in [6.07, 6.45) is 0.857. The van der Waals surface area contributed by atoms with Crippen molar-refractivity contribution in [3.8, 4) is 5.69 Å². The van der Waals surface area contributed by atoms with Gasteiger partial charge in [0.05, 0.1) is 28.8 Å². The Kier molecular flexibility index (Phi) is 6.00. The van der Waals surface area contributed by atoms with E-state index in [4.69, 9.17) is 11.6 Å². The van der Waals surface area contributed by atoms with E-state index in [1.54, 1.807) is 18.2 Å². The van der Waals surface area contributed by atoms with E-state index in [-0.39, 0.29) is 17.3 Å². The zero-order chi connectivity index (χ0) is 19.3. The minimum Gasteiger partial charge on any atom is -0.390 e. The molecule has 3 aromatic rings. The highest BCUT2D eigenvalue weighted by Gasteiger charge is 2.17. The number of anilines is 2. The monoisotopic (exact) mass is 406 g/mol. The summed E-state index contributed by atoms with van der Waals surface area (Å²) in [6.45, 7) is 0.282. The van der Waals surface area contributed by atoms with E-state index in [1.807, 2.05) is 30.3 Å². The second-order valence-electron chi connectivity index (χ2n) is 5.78. The maximum Gasteiger partial charge on any atom is 0.263 e. The Labute approximate surface area is 162 Å². The van der Waals surface area contributed by atoms with Crippen molar-refractivity contribution in [3.05, 3.63) is 66.9 Å². The molecule has 3 N–H and O–H groups in total. The molecule has 0 aliphatic carbocycles. The van der Waals surface area contributed by atoms with Crippen LogP contribution in [0.5, 0.6) is 0 Å². The fourth-order valence-corrected chi connectivity index (χ4v) is 3.55. The van der Waals surface area contributed by atoms with Crippen LogP contribution in [-0.2, 0) is 10.0 Å². The van der Waals surface area contributed by atoms with Gasteiger partial charge >= 0.3 is 0 Å². The summed E-state index contributed by atoms with van der Waals surface area (Å²) in [5, 5.41) is 16.6. The van der Waals surface area contributed by atoms with Crippen LogP contribution in [0.2, 0.25) is 0 Å². The van der Waals surface area contributed by atoms with Gasteiger partial charge in [-0.2, -0.15) is 5.10 Å². The molecule has 3 rings (SSSR count). The van der Waals surface area contributed by atoms with E-state index < -0.39 is 16.1 Å². The molecule has 1 atom stereocenters. The molecular formula is C18H19ClN4O3S. The van der Waals surface area contributed by atoms with Gasteiger partial charge in [0.15, 0.2) is 0 Å². The first-order valence-corrected chi connectivity index (χ1v) is 10.2. The number of rotatable bonds is 8. The molecule has 2 aromatic carbocycles. The molecule has 0 saturated carbocycles. The molecule has 1 aromatic heterocycles. The Morgan fingerprint density at radius 3 is 2.44 bits per heavy atom. The molecule has 0 amide bonds. The summed E-state index contributed by atoms with van der Waals surface area (Å²) in [7, 11) is -3.78. The summed E-state index contributed by atoms with van der Waals surface area (Å²) < 4.78 is 29.4. The number of aliphatic hydroxyl groups excluding tert-OH is 1. The van der Waals surface area contributed by atoms with Gasteiger partial charge in [-0.15, -0.1) is 11.6 Å². The van der Waals surface area contributed by atoms with Crippen LogP contribution in [0.4, 0.5) is 11.5 Å². The summed E-state index contributed by atoms with van der Waals surface area (Å²) in [6, 6.07) is 17.1. The maximum atomic E-state index is 12.7. The number of hydrogen-bond donors (Lipinski definition) is 3. The number of alkyl halides is 1. The van der Waals surface area contributed by atoms with E-state index in [0.29, 0.717) is 11.5 Å². The molecule has 0 bridgehead atoms. The lowest BCUT2D eigenvalue weighted by molar-refractivity contribution is 0.211. The molecule has 9 heteroatoms. The summed E-state index contributed by atoms with van der Waals surface area (Å²) in [5.41, 5.74) is 1.44. The molecule has 1 unspecified atom stereocenters. The van der Waals surface area contributed by atoms with E-state index in [1.165, 1.54) is 23.0 Å². The molecule has 0 aliphatic heterocycles. The topological polar surface area (TPSA) is 96.2 Å². The highest BCUT2D eigenvalue weighted by atomic mass is 35.5. The van der Waals surface area contributed by atoms with Crippen LogP contribution in [-0.4, -0.2) is 41.8 Å². The van der Waals surface area contributed by atoms with Crippen molar-refractivity contribution in [2.24, 2.45) is 0 Å². The largest absolute Gasteiger partial charge is 0.390 e. The van der Waals surface area contributed by atoms with Crippen LogP contribution in [0.25, 0.3) is 5.69 Å². The van der Waals surface area contributed by atoms with Gasteiger partial charge in [0.1, 0.15) is 5.82 Å². The number of benzene rings is 2. The average molecular weight is 407 g/mol. The van der Waals surface area contributed by atoms with Gasteiger partial charge in [-0.1, -0.05) is 18.2 Å². The first-order valence-electron chi connectivity index (χ1n) is 8.20. The van der Waals surface area contributed by atoms with Crippen molar-refractivity contribution in [1.29, 1.82) is 0 Å². The predicted octanol–water partition coefficient (Wildman–Crippen LogP) is 2.68. The number of aromatic nitrogens is 2. The second-order valence-corrected chi connectivity index (χ2v) is 7.77. The molecule has 27 heavy (non-hydrogen) atoms. The van der Waals surface area contributed by atoms with Gasteiger partial charge in [0.25, 0.3) is 10.0 Å². The van der Waals surface area contributed by atoms with Crippen molar-refractivity contribution in [2.75, 3.05) is 22.5 Å². The third-order valence-electron chi connectivity index (χ3n) is 3.77. The van der Waals surface area contributed by atoms with Crippen LogP contribution >= 0.6 is 11.6 Å². The van der Waals surface area contributed by atoms with Crippen LogP contribution in [0, 0.1) is 0 Å². The molecule has 1 heterocycles. The highest BCUT2D eigenvalue weighted by molar-refractivity contribution is 7.92. The molecular weight excluding hydrogens is 388 g/mol. The number of sulfonamides is 1. The molecule has 0 radical (unpaired) electrons. The zero-order valence-corrected chi connectivity index (χ0v) is 15.9. The van der Waals surface area contributed by atoms with Gasteiger partial charge < -0.3 is 10.4 Å². The standard InChI is InChI=1S/C18H19ClN4O3S/c19-12-16(24)13-20-14-6-8-17(9-7-14)27(25,26)22-18-10-11-21-23(18)15-4-2-1-3-5-15/h1-11,16,20,22,24H,12-13H2. The third kappa shape index (κ3) is 4.79. The van der Waals surface area contributed by atoms with Crippen LogP contribution < -0.4 is 10.0 Å². The van der Waals surface area contributed by atoms with Gasteiger partial charge in [0.2, 0.25) is 0 Å². The molecule has 0 aliphatic rings. The van der Waals surface area contributed by atoms with E-state index in [2.05, 4.69) is 15.1 Å². The number of hydrogen-bond acceptors (Lipinski definition) is 5. The van der Waals surface area contributed by atoms with Gasteiger partial charge in [0, 0.05) is 18.3 Å². The molecule has 7 nitrogen and oxygen atoms in total. The smallest absolute Gasteiger partial charge is 0.263 e. The minimum atomic E-state index is -3.78. The van der Waals surface area contributed by atoms with Crippen molar-refractivity contribution >= 4 is 33.1 Å². The fourth-order valence-electron chi connectivity index (χ4n) is 2.39. The number of halogens is 1. The third-order valence-corrected chi connectivity index (χ3v) is 5.49. The normalized spacial score (nSPS) is 12.5. The Bertz CT molecular complexity index is 975. The Morgan fingerprint density at radius 2 is 1.78 bits per heavy atom. The Hall–Kier alpha value is -2.55. The van der Waals surface area contributed by atoms with Crippen LogP contribution in [0.15, 0.2) is 71.8 Å². The Morgan fingerprint density at radius 1 is 1.07 bits per heavy atom. The molecule has 142 valence electrons. The lowest BCUT2D eigenvalue weighted by Crippen LogP contribution is -2.20. The second kappa shape index (κ2) is 8.43. The first kappa shape index (κ1) is 19.2. The van der Waals surface area contributed by atoms with Crippen molar-refractivity contribution < 1.29 is 13.5 Å². The number of nitrogens with one attached hydrogen (secondary N) is 2. The van der Waals surface area contributed by atoms with Crippen LogP contribution in [0.3, 0.4) is 0 Å². The highest BCUT2D eigenvalue weighted by Crippen LogP contribution is 2.20. The van der Waals surface area contributed by atoms with Crippen molar-refractivity contribution in [1.82, 2.24) is 9.78 Å². The van der Waals surface area contributed by atoms with Gasteiger partial charge in [-0.25, -0.2) is 13.1 Å². The zero-order valence-electron chi connectivity index (χ0n) is 14.3. The fraction of sp³-hybridized carbons (Fsp3) is 0.167. The lowest BCUT2D eigenvalue weighted by atomic mass is 10.3. The minimum absolute atomic E-state index is 0.117. The van der Waals surface area contributed by atoms with Crippen molar-refractivity contribution in [2.45, 2.75) is 11.0 Å². The molecule has 0 fully saturated rings. The van der Waals surface area contributed by atoms with Gasteiger partial charge in [-0.05, 0) is 36.4 Å². The van der Waals surface area contributed by atoms with Gasteiger partial charge in [-0.3, -0.25) is 4.72 Å². The maximum absolute atomic E-state index is 12.7. The summed E-state index contributed by atoms with van der Waals surface area (Å²) in [4.78, 5) is 0.117. The molecule has 0 saturated heterocycles. The average Bonchev–Trinajstić information content (AvgIpc) is 3.14. The van der Waals surface area contributed by atoms with E-state index in [0.717, 1.165) is 5.69 Å². The Balaban J connectivity index is 1.75. The SMILES string of the molecule is O=S(=O)(Nc1ccnn1-c1ccccc1)c1ccc(NCC(O)CCl)cc1. The number of nitrogens with zero attached hydrogens (tertiary/aromatic N) is 2. The summed E-state index contributed by atoms with van der Waals surface area (Å²) >= 11 is 5.54. The van der Waals surface area contributed by atoms with Crippen LogP contribution in [0.1, 0.15) is 0 Å². The quantitative estimate of drug-likeness (QED) is 0.500. The number of aliphatic hydroxyl groups is 1. The van der Waals surface area contributed by atoms with E-state index in [9.17, 15) is 13.5 Å². The van der Waals surface area contributed by atoms with Crippen molar-refractivity contribution in [3.63, 3.8) is 0 Å². The lowest BCUT2D eigenvalue weighted by Gasteiger charge is -2.12. The summed E-state index contributed by atoms with van der Waals surface area (Å²) in [5.74, 6) is 0.465. The predicted molar refractivity (Wildman–Crippen MR) is 106 cm³/mol. The number of para-hydroxylation sites is 1. The van der Waals surface area contributed by atoms with E-state index >= 15 is 0 Å². The molecule has 0 spiro atoms.